The van der Waals surface area contributed by atoms with Gasteiger partial charge in [-0.05, 0) is 61.7 Å². The van der Waals surface area contributed by atoms with E-state index in [-0.39, 0.29) is 0 Å². The maximum atomic E-state index is 5.87. The maximum Gasteiger partial charge on any atom is 0.171 e. The number of rotatable bonds is 2. The molecule has 4 aliphatic carbocycles. The van der Waals surface area contributed by atoms with Gasteiger partial charge < -0.3 is 10.3 Å². The van der Waals surface area contributed by atoms with Crippen molar-refractivity contribution in [2.75, 3.05) is 12.3 Å². The second-order valence-corrected chi connectivity index (χ2v) is 7.73. The second kappa shape index (κ2) is 4.00. The van der Waals surface area contributed by atoms with E-state index >= 15 is 0 Å². The standard InChI is InChI=1S/C16H23N3O/c17-16-14-7-19(8-15(14)20-18-16)6-13-11-2-9-1-10(4-11)5-12(13)3-9/h9-13H,1-8H2,(H2,17,18). The van der Waals surface area contributed by atoms with Crippen molar-refractivity contribution >= 4 is 5.82 Å². The van der Waals surface area contributed by atoms with Crippen LogP contribution in [0.2, 0.25) is 0 Å². The Bertz CT molecular complexity index is 510. The fourth-order valence-electron chi connectivity index (χ4n) is 5.90. The molecule has 20 heavy (non-hydrogen) atoms. The van der Waals surface area contributed by atoms with E-state index in [1.54, 1.807) is 6.42 Å². The zero-order chi connectivity index (χ0) is 13.3. The summed E-state index contributed by atoms with van der Waals surface area (Å²) >= 11 is 0. The van der Waals surface area contributed by atoms with Gasteiger partial charge in [0.1, 0.15) is 0 Å². The highest BCUT2D eigenvalue weighted by atomic mass is 16.5. The largest absolute Gasteiger partial charge is 0.381 e. The number of hydrogen-bond acceptors (Lipinski definition) is 4. The average molecular weight is 273 g/mol. The Morgan fingerprint density at radius 3 is 2.40 bits per heavy atom. The van der Waals surface area contributed by atoms with E-state index in [2.05, 4.69) is 10.1 Å². The molecule has 0 amide bonds. The number of nitrogen functional groups attached to an aromatic ring is 1. The summed E-state index contributed by atoms with van der Waals surface area (Å²) in [5.74, 6) is 6.70. The molecule has 2 N–H and O–H groups in total. The highest BCUT2D eigenvalue weighted by Gasteiger charge is 2.48. The van der Waals surface area contributed by atoms with Crippen molar-refractivity contribution in [2.24, 2.45) is 29.6 Å². The third-order valence-electron chi connectivity index (χ3n) is 6.54. The van der Waals surface area contributed by atoms with Gasteiger partial charge in [0.25, 0.3) is 0 Å². The summed E-state index contributed by atoms with van der Waals surface area (Å²) in [6.45, 7) is 3.12. The molecule has 4 fully saturated rings. The molecule has 6 rings (SSSR count). The van der Waals surface area contributed by atoms with Gasteiger partial charge in [-0.1, -0.05) is 5.16 Å². The predicted octanol–water partition coefficient (Wildman–Crippen LogP) is 2.64. The highest BCUT2D eigenvalue weighted by Crippen LogP contribution is 2.56. The third-order valence-corrected chi connectivity index (χ3v) is 6.54. The molecule has 4 heteroatoms. The van der Waals surface area contributed by atoms with Crippen LogP contribution in [0.15, 0.2) is 4.52 Å². The Kier molecular flexibility index (Phi) is 2.32. The van der Waals surface area contributed by atoms with Gasteiger partial charge in [0, 0.05) is 13.1 Å². The number of nitrogens with zero attached hydrogens (tertiary/aromatic N) is 2. The van der Waals surface area contributed by atoms with Crippen molar-refractivity contribution < 1.29 is 4.52 Å². The molecule has 1 aromatic rings. The summed E-state index contributed by atoms with van der Waals surface area (Å²) in [5.41, 5.74) is 7.02. The topological polar surface area (TPSA) is 55.3 Å². The molecule has 0 saturated heterocycles. The molecule has 108 valence electrons. The van der Waals surface area contributed by atoms with Gasteiger partial charge in [-0.25, -0.2) is 0 Å². The SMILES string of the molecule is Nc1noc2c1CN(CC1C3CC4CC(C3)CC1C4)C2. The minimum atomic E-state index is 0.604. The summed E-state index contributed by atoms with van der Waals surface area (Å²) in [7, 11) is 0. The lowest BCUT2D eigenvalue weighted by molar-refractivity contribution is -0.0500. The molecular formula is C16H23N3O. The van der Waals surface area contributed by atoms with E-state index < -0.39 is 0 Å². The number of anilines is 1. The molecule has 0 unspecified atom stereocenters. The van der Waals surface area contributed by atoms with E-state index in [1.807, 2.05) is 0 Å². The highest BCUT2D eigenvalue weighted by molar-refractivity contribution is 5.42. The monoisotopic (exact) mass is 273 g/mol. The maximum absolute atomic E-state index is 5.87. The summed E-state index contributed by atoms with van der Waals surface area (Å²) in [4.78, 5) is 2.54. The molecule has 4 nitrogen and oxygen atoms in total. The molecule has 1 aromatic heterocycles. The number of fused-ring (bicyclic) bond motifs is 1. The van der Waals surface area contributed by atoms with Crippen LogP contribution in [0.25, 0.3) is 0 Å². The Morgan fingerprint density at radius 2 is 1.75 bits per heavy atom. The van der Waals surface area contributed by atoms with Crippen LogP contribution in [0.5, 0.6) is 0 Å². The van der Waals surface area contributed by atoms with Crippen molar-refractivity contribution in [3.05, 3.63) is 11.3 Å². The molecule has 0 atom stereocenters. The van der Waals surface area contributed by atoms with Gasteiger partial charge in [-0.15, -0.1) is 0 Å². The first kappa shape index (κ1) is 11.6. The second-order valence-electron chi connectivity index (χ2n) is 7.73. The molecule has 4 saturated carbocycles. The van der Waals surface area contributed by atoms with Gasteiger partial charge in [0.15, 0.2) is 11.6 Å². The molecule has 0 aromatic carbocycles. The molecule has 0 spiro atoms. The van der Waals surface area contributed by atoms with Crippen LogP contribution in [-0.2, 0) is 13.1 Å². The predicted molar refractivity (Wildman–Crippen MR) is 75.6 cm³/mol. The first-order chi connectivity index (χ1) is 9.76. The molecule has 1 aliphatic heterocycles. The van der Waals surface area contributed by atoms with E-state index in [9.17, 15) is 0 Å². The van der Waals surface area contributed by atoms with Gasteiger partial charge in [-0.2, -0.15) is 0 Å². The fourth-order valence-corrected chi connectivity index (χ4v) is 5.90. The fraction of sp³-hybridized carbons (Fsp3) is 0.812. The average Bonchev–Trinajstić information content (AvgIpc) is 2.95. The van der Waals surface area contributed by atoms with E-state index in [1.165, 1.54) is 32.2 Å². The van der Waals surface area contributed by atoms with Gasteiger partial charge in [0.05, 0.1) is 12.1 Å². The van der Waals surface area contributed by atoms with Crippen molar-refractivity contribution in [1.82, 2.24) is 10.1 Å². The lowest BCUT2D eigenvalue weighted by Gasteiger charge is -2.55. The number of hydrogen-bond donors (Lipinski definition) is 1. The quantitative estimate of drug-likeness (QED) is 0.900. The normalized spacial score (nSPS) is 42.3. The Balaban J connectivity index is 1.31. The van der Waals surface area contributed by atoms with Crippen LogP contribution >= 0.6 is 0 Å². The molecule has 4 bridgehead atoms. The van der Waals surface area contributed by atoms with Crippen LogP contribution in [0.4, 0.5) is 5.82 Å². The minimum Gasteiger partial charge on any atom is -0.381 e. The van der Waals surface area contributed by atoms with Gasteiger partial charge in [-0.3, -0.25) is 4.90 Å². The first-order valence-electron chi connectivity index (χ1n) is 8.21. The van der Waals surface area contributed by atoms with Crippen LogP contribution in [0.1, 0.15) is 43.4 Å². The smallest absolute Gasteiger partial charge is 0.171 e. The summed E-state index contributed by atoms with van der Waals surface area (Å²) in [6.07, 6.45) is 7.59. The van der Waals surface area contributed by atoms with Crippen molar-refractivity contribution in [3.8, 4) is 0 Å². The van der Waals surface area contributed by atoms with Gasteiger partial charge >= 0.3 is 0 Å². The lowest BCUT2D eigenvalue weighted by atomic mass is 9.52. The Morgan fingerprint density at radius 1 is 1.05 bits per heavy atom. The summed E-state index contributed by atoms with van der Waals surface area (Å²) in [6, 6.07) is 0. The van der Waals surface area contributed by atoms with E-state index in [0.717, 1.165) is 54.0 Å². The first-order valence-corrected chi connectivity index (χ1v) is 8.21. The molecular weight excluding hydrogens is 250 g/mol. The van der Waals surface area contributed by atoms with Crippen LogP contribution in [0.3, 0.4) is 0 Å². The number of aromatic nitrogens is 1. The van der Waals surface area contributed by atoms with Crippen molar-refractivity contribution in [1.29, 1.82) is 0 Å². The van der Waals surface area contributed by atoms with Crippen LogP contribution < -0.4 is 5.73 Å². The van der Waals surface area contributed by atoms with Crippen LogP contribution in [-0.4, -0.2) is 16.6 Å². The summed E-state index contributed by atoms with van der Waals surface area (Å²) < 4.78 is 5.33. The summed E-state index contributed by atoms with van der Waals surface area (Å²) in [5, 5.41) is 3.87. The van der Waals surface area contributed by atoms with Crippen molar-refractivity contribution in [2.45, 2.75) is 45.2 Å². The Labute approximate surface area is 119 Å². The third kappa shape index (κ3) is 1.60. The minimum absolute atomic E-state index is 0.604. The Hall–Kier alpha value is -1.03. The van der Waals surface area contributed by atoms with E-state index in [4.69, 9.17) is 10.3 Å². The van der Waals surface area contributed by atoms with Crippen LogP contribution in [0, 0.1) is 29.6 Å². The van der Waals surface area contributed by atoms with Crippen molar-refractivity contribution in [3.63, 3.8) is 0 Å². The zero-order valence-electron chi connectivity index (χ0n) is 11.9. The van der Waals surface area contributed by atoms with E-state index in [0.29, 0.717) is 5.82 Å². The zero-order valence-corrected chi connectivity index (χ0v) is 11.9. The molecule has 2 heterocycles. The number of nitrogens with two attached hydrogens (primary N) is 1. The molecule has 5 aliphatic rings. The lowest BCUT2D eigenvalue weighted by Crippen LogP contribution is -2.48. The molecule has 0 radical (unpaired) electrons. The van der Waals surface area contributed by atoms with Gasteiger partial charge in [0.2, 0.25) is 0 Å².